The van der Waals surface area contributed by atoms with E-state index in [1.807, 2.05) is 30.3 Å². The lowest BCUT2D eigenvalue weighted by molar-refractivity contribution is -0.180. The van der Waals surface area contributed by atoms with Crippen LogP contribution < -0.4 is 9.64 Å². The summed E-state index contributed by atoms with van der Waals surface area (Å²) >= 11 is 0. The topological polar surface area (TPSA) is 48.0 Å². The van der Waals surface area contributed by atoms with Crippen LogP contribution in [0.5, 0.6) is 5.75 Å². The highest BCUT2D eigenvalue weighted by Crippen LogP contribution is 2.46. The van der Waals surface area contributed by atoms with Gasteiger partial charge in [0.25, 0.3) is 11.7 Å². The van der Waals surface area contributed by atoms with E-state index in [1.165, 1.54) is 5.56 Å². The molecule has 3 aromatic carbocycles. The van der Waals surface area contributed by atoms with Gasteiger partial charge < -0.3 is 19.1 Å². The first kappa shape index (κ1) is 21.0. The minimum atomic E-state index is -1.27. The number of amides is 1. The lowest BCUT2D eigenvalue weighted by Crippen LogP contribution is -2.41. The van der Waals surface area contributed by atoms with Gasteiger partial charge in [0.1, 0.15) is 5.75 Å². The number of carbonyl (C=O) groups excluding carboxylic acids is 1. The van der Waals surface area contributed by atoms with E-state index in [0.29, 0.717) is 32.8 Å². The molecular weight excluding hydrogens is 402 g/mol. The van der Waals surface area contributed by atoms with E-state index in [4.69, 9.17) is 14.2 Å². The van der Waals surface area contributed by atoms with E-state index in [9.17, 15) is 4.79 Å². The number of carbonyl (C=O) groups is 1. The fourth-order valence-electron chi connectivity index (χ4n) is 4.66. The van der Waals surface area contributed by atoms with Crippen molar-refractivity contribution in [3.63, 3.8) is 0 Å². The first-order valence-corrected chi connectivity index (χ1v) is 11.6. The number of fused-ring (bicyclic) bond motifs is 3. The van der Waals surface area contributed by atoms with Gasteiger partial charge in [-0.25, -0.2) is 0 Å². The Morgan fingerprint density at radius 1 is 1.00 bits per heavy atom. The molecule has 5 nitrogen and oxygen atoms in total. The molecule has 5 heteroatoms. The Balaban J connectivity index is 1.30. The number of hydrogen-bond donors (Lipinski definition) is 0. The average molecular weight is 432 g/mol. The summed E-state index contributed by atoms with van der Waals surface area (Å²) in [5, 5.41) is 2.26. The lowest BCUT2D eigenvalue weighted by Gasteiger charge is -2.22. The largest absolute Gasteiger partial charge is 0.493 e. The summed E-state index contributed by atoms with van der Waals surface area (Å²) in [7, 11) is 0. The molecule has 166 valence electrons. The summed E-state index contributed by atoms with van der Waals surface area (Å²) in [6.45, 7) is 4.13. The molecule has 3 aromatic rings. The van der Waals surface area contributed by atoms with Gasteiger partial charge in [0.15, 0.2) is 0 Å². The highest BCUT2D eigenvalue weighted by atomic mass is 16.7. The molecule has 5 rings (SSSR count). The van der Waals surface area contributed by atoms with Gasteiger partial charge >= 0.3 is 0 Å². The van der Waals surface area contributed by atoms with Crippen molar-refractivity contribution in [3.05, 3.63) is 71.8 Å². The SMILES string of the molecule is CCCCc1ccc2c(c1)C1(OCCO1)C(=O)N2CCCOc1cccc2ccccc12. The molecule has 0 N–H and O–H groups in total. The van der Waals surface area contributed by atoms with Crippen LogP contribution in [0.1, 0.15) is 37.3 Å². The molecule has 0 aromatic heterocycles. The van der Waals surface area contributed by atoms with E-state index in [0.717, 1.165) is 47.0 Å². The molecule has 1 saturated heterocycles. The standard InChI is InChI=1S/C27H29NO4/c1-2-3-8-20-13-14-24-23(19-20)27(31-17-18-32-27)26(29)28(24)15-7-16-30-25-12-6-10-21-9-4-5-11-22(21)25/h4-6,9-14,19H,2-3,7-8,15-18H2,1H3. The first-order chi connectivity index (χ1) is 15.7. The number of ether oxygens (including phenoxy) is 3. The van der Waals surface area contributed by atoms with E-state index in [2.05, 4.69) is 37.3 Å². The maximum atomic E-state index is 13.4. The third kappa shape index (κ3) is 3.65. The van der Waals surface area contributed by atoms with Crippen LogP contribution in [0.15, 0.2) is 60.7 Å². The molecule has 0 aliphatic carbocycles. The summed E-state index contributed by atoms with van der Waals surface area (Å²) in [5.41, 5.74) is 2.96. The fourth-order valence-corrected chi connectivity index (χ4v) is 4.66. The van der Waals surface area contributed by atoms with Crippen LogP contribution in [0, 0.1) is 0 Å². The van der Waals surface area contributed by atoms with Gasteiger partial charge in [-0.05, 0) is 48.4 Å². The quantitative estimate of drug-likeness (QED) is 0.460. The van der Waals surface area contributed by atoms with Crippen LogP contribution in [0.2, 0.25) is 0 Å². The Bertz CT molecular complexity index is 1110. The molecule has 1 amide bonds. The van der Waals surface area contributed by atoms with Gasteiger partial charge in [0.2, 0.25) is 0 Å². The van der Waals surface area contributed by atoms with Crippen LogP contribution in [0.4, 0.5) is 5.69 Å². The van der Waals surface area contributed by atoms with Crippen molar-refractivity contribution < 1.29 is 19.0 Å². The molecule has 0 unspecified atom stereocenters. The van der Waals surface area contributed by atoms with Crippen molar-refractivity contribution in [1.82, 2.24) is 0 Å². The lowest BCUT2D eigenvalue weighted by atomic mass is 10.0. The molecule has 2 heterocycles. The number of aryl methyl sites for hydroxylation is 1. The van der Waals surface area contributed by atoms with Crippen molar-refractivity contribution >= 4 is 22.4 Å². The summed E-state index contributed by atoms with van der Waals surface area (Å²) in [6, 6.07) is 20.5. The Morgan fingerprint density at radius 3 is 2.66 bits per heavy atom. The predicted octanol–water partition coefficient (Wildman–Crippen LogP) is 5.20. The Kier molecular flexibility index (Phi) is 5.85. The number of hydrogen-bond acceptors (Lipinski definition) is 4. The number of rotatable bonds is 8. The van der Waals surface area contributed by atoms with Crippen LogP contribution in [-0.4, -0.2) is 32.3 Å². The van der Waals surface area contributed by atoms with Gasteiger partial charge in [0, 0.05) is 17.5 Å². The zero-order valence-corrected chi connectivity index (χ0v) is 18.5. The molecule has 32 heavy (non-hydrogen) atoms. The minimum Gasteiger partial charge on any atom is -0.493 e. The zero-order chi connectivity index (χ0) is 22.0. The number of benzene rings is 3. The minimum absolute atomic E-state index is 0.122. The van der Waals surface area contributed by atoms with Crippen molar-refractivity contribution in [1.29, 1.82) is 0 Å². The Labute approximate surface area is 188 Å². The van der Waals surface area contributed by atoms with Crippen LogP contribution in [0.3, 0.4) is 0 Å². The van der Waals surface area contributed by atoms with Gasteiger partial charge in [-0.2, -0.15) is 0 Å². The number of anilines is 1. The van der Waals surface area contributed by atoms with Crippen molar-refractivity contribution in [3.8, 4) is 5.75 Å². The van der Waals surface area contributed by atoms with Crippen LogP contribution in [-0.2, 0) is 26.5 Å². The second kappa shape index (κ2) is 8.93. The third-order valence-electron chi connectivity index (χ3n) is 6.28. The monoisotopic (exact) mass is 431 g/mol. The molecule has 0 bridgehead atoms. The molecule has 0 atom stereocenters. The Morgan fingerprint density at radius 2 is 1.81 bits per heavy atom. The van der Waals surface area contributed by atoms with Gasteiger partial charge in [0.05, 0.1) is 25.5 Å². The highest BCUT2D eigenvalue weighted by molar-refractivity contribution is 6.06. The highest BCUT2D eigenvalue weighted by Gasteiger charge is 2.55. The molecule has 2 aliphatic rings. The van der Waals surface area contributed by atoms with Crippen molar-refractivity contribution in [2.24, 2.45) is 0 Å². The summed E-state index contributed by atoms with van der Waals surface area (Å²) in [5.74, 6) is -0.521. The van der Waals surface area contributed by atoms with Crippen LogP contribution in [0.25, 0.3) is 10.8 Å². The average Bonchev–Trinajstić information content (AvgIpc) is 3.41. The summed E-state index contributed by atoms with van der Waals surface area (Å²) in [6.07, 6.45) is 3.96. The van der Waals surface area contributed by atoms with Gasteiger partial charge in [-0.1, -0.05) is 55.8 Å². The van der Waals surface area contributed by atoms with E-state index in [1.54, 1.807) is 4.90 Å². The normalized spacial score (nSPS) is 16.8. The molecule has 1 fully saturated rings. The molecular formula is C27H29NO4. The van der Waals surface area contributed by atoms with Crippen molar-refractivity contribution in [2.45, 2.75) is 38.4 Å². The zero-order valence-electron chi connectivity index (χ0n) is 18.5. The van der Waals surface area contributed by atoms with Crippen molar-refractivity contribution in [2.75, 3.05) is 31.3 Å². The van der Waals surface area contributed by atoms with Gasteiger partial charge in [-0.15, -0.1) is 0 Å². The molecule has 0 saturated carbocycles. The maximum Gasteiger partial charge on any atom is 0.292 e. The van der Waals surface area contributed by atoms with E-state index in [-0.39, 0.29) is 5.91 Å². The Hall–Kier alpha value is -2.89. The maximum absolute atomic E-state index is 13.4. The molecule has 1 spiro atoms. The predicted molar refractivity (Wildman–Crippen MR) is 125 cm³/mol. The van der Waals surface area contributed by atoms with E-state index < -0.39 is 5.79 Å². The first-order valence-electron chi connectivity index (χ1n) is 11.6. The second-order valence-corrected chi connectivity index (χ2v) is 8.40. The molecule has 2 aliphatic heterocycles. The number of unbranched alkanes of at least 4 members (excludes halogenated alkanes) is 1. The molecule has 0 radical (unpaired) electrons. The third-order valence-corrected chi connectivity index (χ3v) is 6.28. The van der Waals surface area contributed by atoms with Crippen LogP contribution >= 0.6 is 0 Å². The van der Waals surface area contributed by atoms with Gasteiger partial charge in [-0.3, -0.25) is 4.79 Å². The van der Waals surface area contributed by atoms with E-state index >= 15 is 0 Å². The summed E-state index contributed by atoms with van der Waals surface area (Å²) in [4.78, 5) is 15.2. The fraction of sp³-hybridized carbons (Fsp3) is 0.370. The number of nitrogens with zero attached hydrogens (tertiary/aromatic N) is 1. The summed E-state index contributed by atoms with van der Waals surface area (Å²) < 4.78 is 17.9. The smallest absolute Gasteiger partial charge is 0.292 e. The second-order valence-electron chi connectivity index (χ2n) is 8.40.